The lowest BCUT2D eigenvalue weighted by Gasteiger charge is -2.35. The molecule has 1 unspecified atom stereocenters. The number of hydrogen-bond acceptors (Lipinski definition) is 6. The van der Waals surface area contributed by atoms with Gasteiger partial charge in [-0.1, -0.05) is 84.9 Å². The Kier molecular flexibility index (Phi) is 7.85. The SMILES string of the molecule is Cc1cc(C2(c3ccc(N4C(=O)c5ccc(C(=O)c6ccc7c(c6)C(=O)CCC7=O)cc5C4O)c(C)c3)c3ccccc3-c3ccccc32)ccc1N(C)C. The van der Waals surface area contributed by atoms with E-state index in [0.717, 1.165) is 27.9 Å². The Bertz CT molecular complexity index is 2630. The number of nitrogens with zero attached hydrogens (tertiary/aromatic N) is 2. The minimum atomic E-state index is -1.33. The zero-order valence-corrected chi connectivity index (χ0v) is 31.0. The van der Waals surface area contributed by atoms with Crippen LogP contribution in [-0.2, 0) is 5.41 Å². The number of carbonyl (C=O) groups is 4. The molecule has 2 aliphatic carbocycles. The molecule has 0 saturated carbocycles. The van der Waals surface area contributed by atoms with Gasteiger partial charge in [0.1, 0.15) is 0 Å². The van der Waals surface area contributed by atoms with Gasteiger partial charge in [0.05, 0.1) is 5.41 Å². The molecule has 0 fully saturated rings. The smallest absolute Gasteiger partial charge is 0.261 e. The van der Waals surface area contributed by atoms with Crippen molar-refractivity contribution in [2.75, 3.05) is 23.9 Å². The number of fused-ring (bicyclic) bond motifs is 5. The molecule has 270 valence electrons. The summed E-state index contributed by atoms with van der Waals surface area (Å²) in [5.41, 5.74) is 11.7. The van der Waals surface area contributed by atoms with Crippen LogP contribution >= 0.6 is 0 Å². The summed E-state index contributed by atoms with van der Waals surface area (Å²) >= 11 is 0. The molecule has 55 heavy (non-hydrogen) atoms. The lowest BCUT2D eigenvalue weighted by atomic mass is 9.67. The molecule has 1 heterocycles. The summed E-state index contributed by atoms with van der Waals surface area (Å²) in [5.74, 6) is -1.01. The van der Waals surface area contributed by atoms with Gasteiger partial charge in [0, 0.05) is 71.7 Å². The normalized spacial score (nSPS) is 16.4. The maximum absolute atomic E-state index is 14.0. The highest BCUT2D eigenvalue weighted by Crippen LogP contribution is 2.57. The lowest BCUT2D eigenvalue weighted by molar-refractivity contribution is 0.0890. The van der Waals surface area contributed by atoms with Crippen LogP contribution in [0.25, 0.3) is 11.1 Å². The van der Waals surface area contributed by atoms with Gasteiger partial charge in [0.15, 0.2) is 23.6 Å². The molecule has 1 atom stereocenters. The standard InChI is InChI=1S/C48H38N2O5/c1-27-23-31(15-19-41(27)49(3)4)48(39-11-7-5-9-33(39)34-10-6-8-12-40(34)48)32-16-20-42(28(2)24-32)50-46(54)36-18-14-30(26-38(36)47(50)55)45(53)29-13-17-35-37(25-29)44(52)22-21-43(35)51/h5-20,23-26,47,55H,21-22H2,1-4H3. The summed E-state index contributed by atoms with van der Waals surface area (Å²) in [7, 11) is 4.10. The van der Waals surface area contributed by atoms with Gasteiger partial charge >= 0.3 is 0 Å². The first-order valence-electron chi connectivity index (χ1n) is 18.5. The Balaban J connectivity index is 1.11. The number of benzene rings is 6. The van der Waals surface area contributed by atoms with Crippen LogP contribution < -0.4 is 9.80 Å². The van der Waals surface area contributed by atoms with Crippen LogP contribution in [0.2, 0.25) is 0 Å². The third-order valence-corrected chi connectivity index (χ3v) is 11.7. The number of hydrogen-bond donors (Lipinski definition) is 1. The van der Waals surface area contributed by atoms with E-state index < -0.39 is 11.6 Å². The number of aliphatic hydroxyl groups is 1. The van der Waals surface area contributed by atoms with Crippen molar-refractivity contribution in [3.63, 3.8) is 0 Å². The maximum Gasteiger partial charge on any atom is 0.261 e. The van der Waals surface area contributed by atoms with Gasteiger partial charge in [-0.05, 0) is 94.8 Å². The third-order valence-electron chi connectivity index (χ3n) is 11.7. The molecule has 1 amide bonds. The molecule has 0 aromatic heterocycles. The van der Waals surface area contributed by atoms with Gasteiger partial charge in [0.25, 0.3) is 5.91 Å². The van der Waals surface area contributed by atoms with Gasteiger partial charge in [-0.25, -0.2) is 0 Å². The molecule has 7 heteroatoms. The van der Waals surface area contributed by atoms with E-state index in [-0.39, 0.29) is 52.8 Å². The Labute approximate surface area is 319 Å². The van der Waals surface area contributed by atoms with Crippen molar-refractivity contribution in [2.24, 2.45) is 0 Å². The van der Waals surface area contributed by atoms with Crippen LogP contribution in [0.15, 0.2) is 121 Å². The fraction of sp³-hybridized carbons (Fsp3) is 0.167. The minimum absolute atomic E-state index is 0.113. The number of aliphatic hydroxyl groups excluding tert-OH is 1. The van der Waals surface area contributed by atoms with E-state index in [4.69, 9.17) is 0 Å². The van der Waals surface area contributed by atoms with Crippen molar-refractivity contribution in [2.45, 2.75) is 38.3 Å². The number of anilines is 2. The monoisotopic (exact) mass is 722 g/mol. The van der Waals surface area contributed by atoms with Crippen molar-refractivity contribution in [3.05, 3.63) is 188 Å². The average Bonchev–Trinajstić information content (AvgIpc) is 3.63. The quantitative estimate of drug-likeness (QED) is 0.173. The molecule has 0 saturated heterocycles. The average molecular weight is 723 g/mol. The molecule has 7 nitrogen and oxygen atoms in total. The molecular weight excluding hydrogens is 685 g/mol. The predicted octanol–water partition coefficient (Wildman–Crippen LogP) is 8.77. The minimum Gasteiger partial charge on any atom is -0.377 e. The Hall–Kier alpha value is -6.44. The van der Waals surface area contributed by atoms with Crippen LogP contribution in [0, 0.1) is 13.8 Å². The largest absolute Gasteiger partial charge is 0.377 e. The molecule has 0 spiro atoms. The van der Waals surface area contributed by atoms with Crippen LogP contribution in [0.4, 0.5) is 11.4 Å². The molecule has 0 bridgehead atoms. The molecule has 3 aliphatic rings. The Morgan fingerprint density at radius 3 is 1.82 bits per heavy atom. The summed E-state index contributed by atoms with van der Waals surface area (Å²) < 4.78 is 0. The van der Waals surface area contributed by atoms with Gasteiger partial charge in [-0.2, -0.15) is 0 Å². The second kappa shape index (κ2) is 12.6. The summed E-state index contributed by atoms with van der Waals surface area (Å²) in [4.78, 5) is 56.2. The zero-order chi connectivity index (χ0) is 38.3. The van der Waals surface area contributed by atoms with Crippen molar-refractivity contribution in [3.8, 4) is 11.1 Å². The molecule has 6 aromatic carbocycles. The van der Waals surface area contributed by atoms with Crippen LogP contribution in [0.1, 0.15) is 105 Å². The van der Waals surface area contributed by atoms with Gasteiger partial charge in [0.2, 0.25) is 0 Å². The van der Waals surface area contributed by atoms with E-state index in [2.05, 4.69) is 90.7 Å². The first kappa shape index (κ1) is 34.3. The number of ketones is 3. The van der Waals surface area contributed by atoms with Crippen LogP contribution in [0.5, 0.6) is 0 Å². The molecular formula is C48H38N2O5. The number of Topliss-reactive ketones (excluding diaryl/α,β-unsaturated/α-hetero) is 2. The van der Waals surface area contributed by atoms with E-state index in [1.165, 1.54) is 39.3 Å². The number of carbonyl (C=O) groups excluding carboxylic acids is 4. The summed E-state index contributed by atoms with van der Waals surface area (Å²) in [6, 6.07) is 39.2. The summed E-state index contributed by atoms with van der Waals surface area (Å²) in [6.07, 6.45) is -1.04. The van der Waals surface area contributed by atoms with Crippen molar-refractivity contribution in [1.29, 1.82) is 0 Å². The highest BCUT2D eigenvalue weighted by atomic mass is 16.3. The first-order chi connectivity index (χ1) is 26.5. The van der Waals surface area contributed by atoms with E-state index in [1.807, 2.05) is 27.1 Å². The zero-order valence-electron chi connectivity index (χ0n) is 31.0. The lowest BCUT2D eigenvalue weighted by Crippen LogP contribution is -2.31. The van der Waals surface area contributed by atoms with Gasteiger partial charge < -0.3 is 10.0 Å². The first-order valence-corrected chi connectivity index (χ1v) is 18.5. The fourth-order valence-electron chi connectivity index (χ4n) is 9.13. The van der Waals surface area contributed by atoms with Crippen molar-refractivity contribution < 1.29 is 24.3 Å². The van der Waals surface area contributed by atoms with Crippen molar-refractivity contribution >= 4 is 34.6 Å². The maximum atomic E-state index is 14.0. The fourth-order valence-corrected chi connectivity index (χ4v) is 9.13. The number of rotatable bonds is 6. The van der Waals surface area contributed by atoms with Crippen LogP contribution in [-0.4, -0.2) is 42.5 Å². The topological polar surface area (TPSA) is 95.0 Å². The summed E-state index contributed by atoms with van der Waals surface area (Å²) in [5, 5.41) is 11.8. The van der Waals surface area contributed by atoms with Crippen molar-refractivity contribution in [1.82, 2.24) is 0 Å². The van der Waals surface area contributed by atoms with E-state index in [0.29, 0.717) is 22.4 Å². The second-order valence-corrected chi connectivity index (χ2v) is 15.0. The predicted molar refractivity (Wildman–Crippen MR) is 214 cm³/mol. The molecule has 1 N–H and O–H groups in total. The van der Waals surface area contributed by atoms with Gasteiger partial charge in [-0.3, -0.25) is 24.1 Å². The Morgan fingerprint density at radius 2 is 1.20 bits per heavy atom. The molecule has 0 radical (unpaired) electrons. The van der Waals surface area contributed by atoms with E-state index in [1.54, 1.807) is 24.3 Å². The van der Waals surface area contributed by atoms with E-state index >= 15 is 0 Å². The Morgan fingerprint density at radius 1 is 0.636 bits per heavy atom. The molecule has 6 aromatic rings. The third kappa shape index (κ3) is 5.00. The second-order valence-electron chi connectivity index (χ2n) is 15.0. The number of amides is 1. The molecule has 1 aliphatic heterocycles. The molecule has 9 rings (SSSR count). The van der Waals surface area contributed by atoms with Crippen LogP contribution in [0.3, 0.4) is 0 Å². The highest BCUT2D eigenvalue weighted by Gasteiger charge is 2.47. The summed E-state index contributed by atoms with van der Waals surface area (Å²) in [6.45, 7) is 4.10. The number of aryl methyl sites for hydroxylation is 2. The van der Waals surface area contributed by atoms with E-state index in [9.17, 15) is 24.3 Å². The highest BCUT2D eigenvalue weighted by molar-refractivity contribution is 6.17. The van der Waals surface area contributed by atoms with Gasteiger partial charge in [-0.15, -0.1) is 0 Å².